The average molecular weight is 391 g/mol. The van der Waals surface area contributed by atoms with Gasteiger partial charge in [-0.05, 0) is 48.7 Å². The third-order valence-electron chi connectivity index (χ3n) is 5.49. The molecule has 0 unspecified atom stereocenters. The Hall–Kier alpha value is -3.01. The van der Waals surface area contributed by atoms with Gasteiger partial charge in [0.25, 0.3) is 5.91 Å². The Balaban J connectivity index is 1.87. The predicted octanol–water partition coefficient (Wildman–Crippen LogP) is 5.23. The lowest BCUT2D eigenvalue weighted by molar-refractivity contribution is 0.0622. The number of nitrogens with zero attached hydrogens (tertiary/aromatic N) is 2. The first-order chi connectivity index (χ1) is 14.0. The standard InChI is InChI=1S/C25H30N2O2/c1-19(2)20(3)27(25(28)22-12-8-14-24(16-22)29-4)18-23-13-9-15-26(23)17-21-10-6-5-7-11-21/h5-16,19-20H,17-18H2,1-4H3/t20-/m0/s1. The van der Waals surface area contributed by atoms with Crippen LogP contribution >= 0.6 is 0 Å². The normalized spacial score (nSPS) is 12.0. The Morgan fingerprint density at radius 2 is 1.76 bits per heavy atom. The Morgan fingerprint density at radius 3 is 2.45 bits per heavy atom. The number of amides is 1. The average Bonchev–Trinajstić information content (AvgIpc) is 3.18. The second-order valence-electron chi connectivity index (χ2n) is 7.76. The molecule has 0 aliphatic rings. The van der Waals surface area contributed by atoms with E-state index >= 15 is 0 Å². The maximum absolute atomic E-state index is 13.4. The van der Waals surface area contributed by atoms with E-state index in [1.165, 1.54) is 5.56 Å². The van der Waals surface area contributed by atoms with Crippen LogP contribution in [0, 0.1) is 5.92 Å². The van der Waals surface area contributed by atoms with Gasteiger partial charge in [0, 0.05) is 30.0 Å². The second kappa shape index (κ2) is 9.46. The van der Waals surface area contributed by atoms with Gasteiger partial charge in [0.1, 0.15) is 5.75 Å². The van der Waals surface area contributed by atoms with Crippen LogP contribution in [-0.4, -0.2) is 28.5 Å². The fourth-order valence-electron chi connectivity index (χ4n) is 3.38. The summed E-state index contributed by atoms with van der Waals surface area (Å²) in [5, 5.41) is 0. The van der Waals surface area contributed by atoms with Gasteiger partial charge in [-0.15, -0.1) is 0 Å². The van der Waals surface area contributed by atoms with Crippen LogP contribution in [0.3, 0.4) is 0 Å². The predicted molar refractivity (Wildman–Crippen MR) is 117 cm³/mol. The topological polar surface area (TPSA) is 34.5 Å². The molecule has 1 aromatic heterocycles. The summed E-state index contributed by atoms with van der Waals surface area (Å²) >= 11 is 0. The van der Waals surface area contributed by atoms with Gasteiger partial charge in [0.15, 0.2) is 0 Å². The molecule has 1 amide bonds. The van der Waals surface area contributed by atoms with Gasteiger partial charge in [-0.2, -0.15) is 0 Å². The molecule has 0 aliphatic carbocycles. The number of carbonyl (C=O) groups excluding carboxylic acids is 1. The molecule has 0 N–H and O–H groups in total. The molecule has 0 spiro atoms. The highest BCUT2D eigenvalue weighted by atomic mass is 16.5. The van der Waals surface area contributed by atoms with Crippen LogP contribution < -0.4 is 4.74 Å². The number of methoxy groups -OCH3 is 1. The van der Waals surface area contributed by atoms with Gasteiger partial charge in [-0.3, -0.25) is 4.79 Å². The van der Waals surface area contributed by atoms with Crippen molar-refractivity contribution in [3.8, 4) is 5.75 Å². The minimum Gasteiger partial charge on any atom is -0.497 e. The second-order valence-corrected chi connectivity index (χ2v) is 7.76. The molecular formula is C25H30N2O2. The van der Waals surface area contributed by atoms with E-state index in [1.807, 2.05) is 41.3 Å². The molecule has 1 heterocycles. The van der Waals surface area contributed by atoms with Crippen LogP contribution in [0.5, 0.6) is 5.75 Å². The van der Waals surface area contributed by atoms with E-state index in [4.69, 9.17) is 4.74 Å². The zero-order valence-corrected chi connectivity index (χ0v) is 17.7. The van der Waals surface area contributed by atoms with Crippen LogP contribution in [0.1, 0.15) is 42.4 Å². The molecule has 3 rings (SSSR count). The first kappa shape index (κ1) is 20.7. The lowest BCUT2D eigenvalue weighted by Crippen LogP contribution is -2.41. The Morgan fingerprint density at radius 1 is 1.00 bits per heavy atom. The van der Waals surface area contributed by atoms with E-state index in [1.54, 1.807) is 7.11 Å². The first-order valence-corrected chi connectivity index (χ1v) is 10.1. The van der Waals surface area contributed by atoms with Crippen LogP contribution in [0.4, 0.5) is 0 Å². The van der Waals surface area contributed by atoms with E-state index in [0.717, 1.165) is 12.2 Å². The Kier molecular flexibility index (Phi) is 6.76. The molecule has 29 heavy (non-hydrogen) atoms. The van der Waals surface area contributed by atoms with E-state index in [2.05, 4.69) is 61.9 Å². The molecule has 2 aromatic carbocycles. The van der Waals surface area contributed by atoms with Gasteiger partial charge in [0.05, 0.1) is 13.7 Å². The molecule has 0 saturated heterocycles. The fourth-order valence-corrected chi connectivity index (χ4v) is 3.38. The highest BCUT2D eigenvalue weighted by Crippen LogP contribution is 2.21. The summed E-state index contributed by atoms with van der Waals surface area (Å²) in [6.45, 7) is 7.78. The van der Waals surface area contributed by atoms with Crippen molar-refractivity contribution < 1.29 is 9.53 Å². The van der Waals surface area contributed by atoms with Crippen molar-refractivity contribution in [2.24, 2.45) is 5.92 Å². The maximum atomic E-state index is 13.4. The third kappa shape index (κ3) is 5.08. The van der Waals surface area contributed by atoms with Gasteiger partial charge in [-0.1, -0.05) is 50.2 Å². The zero-order chi connectivity index (χ0) is 20.8. The van der Waals surface area contributed by atoms with Crippen molar-refractivity contribution in [1.82, 2.24) is 9.47 Å². The van der Waals surface area contributed by atoms with Gasteiger partial charge in [-0.25, -0.2) is 0 Å². The molecule has 0 radical (unpaired) electrons. The largest absolute Gasteiger partial charge is 0.497 e. The summed E-state index contributed by atoms with van der Waals surface area (Å²) in [6.07, 6.45) is 2.08. The molecule has 0 aliphatic heterocycles. The van der Waals surface area contributed by atoms with Crippen LogP contribution in [0.15, 0.2) is 72.9 Å². The molecule has 4 heteroatoms. The van der Waals surface area contributed by atoms with Crippen molar-refractivity contribution in [2.45, 2.75) is 39.9 Å². The summed E-state index contributed by atoms with van der Waals surface area (Å²) in [7, 11) is 1.62. The quantitative estimate of drug-likeness (QED) is 0.528. The molecule has 0 bridgehead atoms. The molecule has 152 valence electrons. The Bertz CT molecular complexity index is 931. The van der Waals surface area contributed by atoms with Crippen LogP contribution in [-0.2, 0) is 13.1 Å². The summed E-state index contributed by atoms with van der Waals surface area (Å²) in [5.74, 6) is 1.07. The Labute approximate surface area is 173 Å². The monoisotopic (exact) mass is 390 g/mol. The van der Waals surface area contributed by atoms with Gasteiger partial charge < -0.3 is 14.2 Å². The van der Waals surface area contributed by atoms with E-state index in [0.29, 0.717) is 23.8 Å². The minimum absolute atomic E-state index is 0.0255. The number of hydrogen-bond donors (Lipinski definition) is 0. The number of benzene rings is 2. The lowest BCUT2D eigenvalue weighted by atomic mass is 10.0. The zero-order valence-electron chi connectivity index (χ0n) is 17.7. The third-order valence-corrected chi connectivity index (χ3v) is 5.49. The number of ether oxygens (including phenoxy) is 1. The summed E-state index contributed by atoms with van der Waals surface area (Å²) in [5.41, 5.74) is 3.02. The maximum Gasteiger partial charge on any atom is 0.254 e. The van der Waals surface area contributed by atoms with Gasteiger partial charge >= 0.3 is 0 Å². The van der Waals surface area contributed by atoms with E-state index in [9.17, 15) is 4.79 Å². The van der Waals surface area contributed by atoms with Crippen LogP contribution in [0.25, 0.3) is 0 Å². The van der Waals surface area contributed by atoms with Crippen molar-refractivity contribution in [2.75, 3.05) is 7.11 Å². The van der Waals surface area contributed by atoms with Gasteiger partial charge in [0.2, 0.25) is 0 Å². The number of aromatic nitrogens is 1. The van der Waals surface area contributed by atoms with E-state index in [-0.39, 0.29) is 11.9 Å². The molecule has 0 fully saturated rings. The minimum atomic E-state index is 0.0255. The molecular weight excluding hydrogens is 360 g/mol. The summed E-state index contributed by atoms with van der Waals surface area (Å²) in [6, 6.07) is 22.0. The molecule has 4 nitrogen and oxygen atoms in total. The number of rotatable bonds is 8. The highest BCUT2D eigenvalue weighted by molar-refractivity contribution is 5.94. The smallest absolute Gasteiger partial charge is 0.254 e. The van der Waals surface area contributed by atoms with Crippen molar-refractivity contribution >= 4 is 5.91 Å². The first-order valence-electron chi connectivity index (χ1n) is 10.1. The number of carbonyl (C=O) groups is 1. The molecule has 3 aromatic rings. The SMILES string of the molecule is COc1cccc(C(=O)N(Cc2cccn2Cc2ccccc2)[C@@H](C)C(C)C)c1. The molecule has 1 atom stereocenters. The van der Waals surface area contributed by atoms with Crippen molar-refractivity contribution in [1.29, 1.82) is 0 Å². The summed E-state index contributed by atoms with van der Waals surface area (Å²) < 4.78 is 7.53. The van der Waals surface area contributed by atoms with Crippen LogP contribution in [0.2, 0.25) is 0 Å². The van der Waals surface area contributed by atoms with E-state index < -0.39 is 0 Å². The summed E-state index contributed by atoms with van der Waals surface area (Å²) in [4.78, 5) is 15.4. The molecule has 0 saturated carbocycles. The fraction of sp³-hybridized carbons (Fsp3) is 0.320. The number of hydrogen-bond acceptors (Lipinski definition) is 2. The highest BCUT2D eigenvalue weighted by Gasteiger charge is 2.25. The lowest BCUT2D eigenvalue weighted by Gasteiger charge is -2.32. The van der Waals surface area contributed by atoms with Crippen molar-refractivity contribution in [3.05, 3.63) is 89.7 Å². The van der Waals surface area contributed by atoms with Crippen molar-refractivity contribution in [3.63, 3.8) is 0 Å².